The first-order valence-electron chi connectivity index (χ1n) is 5.20. The minimum absolute atomic E-state index is 0.0453. The molecule has 0 atom stereocenters. The maximum absolute atomic E-state index is 9.14. The van der Waals surface area contributed by atoms with Crippen LogP contribution in [0, 0.1) is 0 Å². The Morgan fingerprint density at radius 2 is 2.18 bits per heavy atom. The van der Waals surface area contributed by atoms with Crippen molar-refractivity contribution in [1.82, 2.24) is 4.98 Å². The highest BCUT2D eigenvalue weighted by Gasteiger charge is 2.02. The highest BCUT2D eigenvalue weighted by Crippen LogP contribution is 2.19. The number of nitrogens with zero attached hydrogens (tertiary/aromatic N) is 1. The predicted molar refractivity (Wildman–Crippen MR) is 68.6 cm³/mol. The predicted octanol–water partition coefficient (Wildman–Crippen LogP) is 2.92. The fourth-order valence-electron chi connectivity index (χ4n) is 1.46. The molecule has 1 aromatic heterocycles. The molecule has 0 aliphatic carbocycles. The third-order valence-electron chi connectivity index (χ3n) is 2.32. The average Bonchev–Trinajstić information content (AvgIpc) is 2.37. The van der Waals surface area contributed by atoms with Crippen molar-refractivity contribution in [3.63, 3.8) is 0 Å². The Kier molecular flexibility index (Phi) is 4.12. The topological polar surface area (TPSA) is 42.4 Å². The van der Waals surface area contributed by atoms with Crippen molar-refractivity contribution < 1.29 is 9.84 Å². The van der Waals surface area contributed by atoms with E-state index in [1.54, 1.807) is 18.5 Å². The van der Waals surface area contributed by atoms with Crippen LogP contribution in [-0.4, -0.2) is 10.1 Å². The molecule has 1 N–H and O–H groups in total. The van der Waals surface area contributed by atoms with Gasteiger partial charge in [-0.25, -0.2) is 0 Å². The van der Waals surface area contributed by atoms with Crippen LogP contribution in [0.5, 0.6) is 5.75 Å². The summed E-state index contributed by atoms with van der Waals surface area (Å²) in [7, 11) is 0. The summed E-state index contributed by atoms with van der Waals surface area (Å²) in [5.41, 5.74) is 1.81. The van der Waals surface area contributed by atoms with Crippen molar-refractivity contribution in [2.75, 3.05) is 0 Å². The number of benzene rings is 1. The van der Waals surface area contributed by atoms with Crippen molar-refractivity contribution >= 4 is 15.9 Å². The van der Waals surface area contributed by atoms with E-state index >= 15 is 0 Å². The van der Waals surface area contributed by atoms with E-state index in [2.05, 4.69) is 20.9 Å². The summed E-state index contributed by atoms with van der Waals surface area (Å²) in [4.78, 5) is 3.98. The summed E-state index contributed by atoms with van der Waals surface area (Å²) in [6, 6.07) is 9.65. The molecule has 0 bridgehead atoms. The summed E-state index contributed by atoms with van der Waals surface area (Å²) >= 11 is 3.41. The molecule has 2 rings (SSSR count). The van der Waals surface area contributed by atoms with E-state index < -0.39 is 0 Å². The minimum Gasteiger partial charge on any atom is -0.487 e. The van der Waals surface area contributed by atoms with Gasteiger partial charge >= 0.3 is 0 Å². The molecule has 2 aromatic rings. The van der Waals surface area contributed by atoms with Crippen LogP contribution in [-0.2, 0) is 13.2 Å². The summed E-state index contributed by atoms with van der Waals surface area (Å²) in [5, 5.41) is 9.14. The standard InChI is InChI=1S/C13H12BrNO2/c14-12-3-1-2-10(6-12)9-17-13-7-15-5-4-11(13)8-16/h1-7,16H,8-9H2. The molecule has 0 aliphatic rings. The van der Waals surface area contributed by atoms with Crippen LogP contribution in [0.15, 0.2) is 47.2 Å². The van der Waals surface area contributed by atoms with Gasteiger partial charge in [-0.15, -0.1) is 0 Å². The Balaban J connectivity index is 2.07. The molecule has 1 heterocycles. The quantitative estimate of drug-likeness (QED) is 0.942. The first-order chi connectivity index (χ1) is 8.29. The third kappa shape index (κ3) is 3.28. The molecule has 0 radical (unpaired) electrons. The number of rotatable bonds is 4. The van der Waals surface area contributed by atoms with Gasteiger partial charge in [-0.1, -0.05) is 28.1 Å². The van der Waals surface area contributed by atoms with E-state index in [-0.39, 0.29) is 6.61 Å². The zero-order chi connectivity index (χ0) is 12.1. The minimum atomic E-state index is -0.0453. The zero-order valence-electron chi connectivity index (χ0n) is 9.14. The second-order valence-electron chi connectivity index (χ2n) is 3.56. The maximum Gasteiger partial charge on any atom is 0.143 e. The van der Waals surface area contributed by atoms with Gasteiger partial charge in [0.15, 0.2) is 0 Å². The fourth-order valence-corrected chi connectivity index (χ4v) is 1.90. The molecule has 4 heteroatoms. The molecule has 0 saturated heterocycles. The van der Waals surface area contributed by atoms with Gasteiger partial charge in [0.25, 0.3) is 0 Å². The van der Waals surface area contributed by atoms with E-state index in [1.165, 1.54) is 0 Å². The summed E-state index contributed by atoms with van der Waals surface area (Å²) < 4.78 is 6.65. The van der Waals surface area contributed by atoms with E-state index in [9.17, 15) is 0 Å². The van der Waals surface area contributed by atoms with Gasteiger partial charge in [-0.3, -0.25) is 4.98 Å². The van der Waals surface area contributed by atoms with Gasteiger partial charge in [-0.05, 0) is 23.8 Å². The average molecular weight is 294 g/mol. The number of hydrogen-bond donors (Lipinski definition) is 1. The number of aliphatic hydroxyl groups is 1. The summed E-state index contributed by atoms with van der Waals surface area (Å²) in [5.74, 6) is 0.620. The Bertz CT molecular complexity index is 502. The Labute approximate surface area is 108 Å². The fraction of sp³-hybridized carbons (Fsp3) is 0.154. The third-order valence-corrected chi connectivity index (χ3v) is 2.82. The van der Waals surface area contributed by atoms with Gasteiger partial charge in [0, 0.05) is 16.2 Å². The van der Waals surface area contributed by atoms with Gasteiger partial charge in [-0.2, -0.15) is 0 Å². The Morgan fingerprint density at radius 3 is 2.94 bits per heavy atom. The molecule has 3 nitrogen and oxygen atoms in total. The second kappa shape index (κ2) is 5.80. The molecular weight excluding hydrogens is 282 g/mol. The van der Waals surface area contributed by atoms with E-state index in [0.717, 1.165) is 15.6 Å². The first-order valence-corrected chi connectivity index (χ1v) is 6.00. The smallest absolute Gasteiger partial charge is 0.143 e. The van der Waals surface area contributed by atoms with Crippen LogP contribution in [0.3, 0.4) is 0 Å². The van der Waals surface area contributed by atoms with Crippen molar-refractivity contribution in [1.29, 1.82) is 0 Å². The number of aliphatic hydroxyl groups excluding tert-OH is 1. The molecule has 17 heavy (non-hydrogen) atoms. The van der Waals surface area contributed by atoms with Crippen molar-refractivity contribution in [3.8, 4) is 5.75 Å². The lowest BCUT2D eigenvalue weighted by Crippen LogP contribution is -1.99. The lowest BCUT2D eigenvalue weighted by molar-refractivity contribution is 0.258. The van der Waals surface area contributed by atoms with Crippen molar-refractivity contribution in [2.45, 2.75) is 13.2 Å². The lowest BCUT2D eigenvalue weighted by atomic mass is 10.2. The maximum atomic E-state index is 9.14. The van der Waals surface area contributed by atoms with Crippen LogP contribution in [0.25, 0.3) is 0 Å². The zero-order valence-corrected chi connectivity index (χ0v) is 10.7. The number of halogens is 1. The highest BCUT2D eigenvalue weighted by molar-refractivity contribution is 9.10. The molecule has 0 amide bonds. The van der Waals surface area contributed by atoms with E-state index in [4.69, 9.17) is 9.84 Å². The summed E-state index contributed by atoms with van der Waals surface area (Å²) in [6.07, 6.45) is 3.25. The Morgan fingerprint density at radius 1 is 1.29 bits per heavy atom. The van der Waals surface area contributed by atoms with Crippen molar-refractivity contribution in [2.24, 2.45) is 0 Å². The molecule has 0 aliphatic heterocycles. The molecular formula is C13H12BrNO2. The van der Waals surface area contributed by atoms with Crippen LogP contribution >= 0.6 is 15.9 Å². The largest absolute Gasteiger partial charge is 0.487 e. The first kappa shape index (κ1) is 12.1. The molecule has 0 unspecified atom stereocenters. The van der Waals surface area contributed by atoms with Crippen LogP contribution < -0.4 is 4.74 Å². The molecule has 0 saturated carbocycles. The van der Waals surface area contributed by atoms with Gasteiger partial charge in [0.1, 0.15) is 12.4 Å². The summed E-state index contributed by atoms with van der Waals surface area (Å²) in [6.45, 7) is 0.411. The molecule has 0 spiro atoms. The normalized spacial score (nSPS) is 10.2. The van der Waals surface area contributed by atoms with Crippen LogP contribution in [0.1, 0.15) is 11.1 Å². The van der Waals surface area contributed by atoms with Crippen molar-refractivity contribution in [3.05, 3.63) is 58.3 Å². The molecule has 1 aromatic carbocycles. The SMILES string of the molecule is OCc1ccncc1OCc1cccc(Br)c1. The van der Waals surface area contributed by atoms with Gasteiger partial charge in [0.2, 0.25) is 0 Å². The number of pyridine rings is 1. The molecule has 0 fully saturated rings. The van der Waals surface area contributed by atoms with Crippen LogP contribution in [0.2, 0.25) is 0 Å². The van der Waals surface area contributed by atoms with Gasteiger partial charge < -0.3 is 9.84 Å². The second-order valence-corrected chi connectivity index (χ2v) is 4.48. The van der Waals surface area contributed by atoms with E-state index in [0.29, 0.717) is 12.4 Å². The monoisotopic (exact) mass is 293 g/mol. The number of hydrogen-bond acceptors (Lipinski definition) is 3. The highest BCUT2D eigenvalue weighted by atomic mass is 79.9. The van der Waals surface area contributed by atoms with E-state index in [1.807, 2.05) is 24.3 Å². The Hall–Kier alpha value is -1.39. The van der Waals surface area contributed by atoms with Gasteiger partial charge in [0.05, 0.1) is 12.8 Å². The van der Waals surface area contributed by atoms with Crippen LogP contribution in [0.4, 0.5) is 0 Å². The number of ether oxygens (including phenoxy) is 1. The lowest BCUT2D eigenvalue weighted by Gasteiger charge is -2.09. The molecule has 88 valence electrons. The number of aromatic nitrogens is 1.